The van der Waals surface area contributed by atoms with Crippen LogP contribution in [-0.2, 0) is 6.42 Å². The van der Waals surface area contributed by atoms with E-state index in [2.05, 4.69) is 39.6 Å². The van der Waals surface area contributed by atoms with Crippen LogP contribution in [0.3, 0.4) is 0 Å². The molecule has 1 aliphatic rings. The fourth-order valence-electron chi connectivity index (χ4n) is 3.72. The Morgan fingerprint density at radius 3 is 2.62 bits per heavy atom. The largest absolute Gasteiger partial charge is 0.357 e. The Balaban J connectivity index is 0.00000363. The Kier molecular flexibility index (Phi) is 10.7. The summed E-state index contributed by atoms with van der Waals surface area (Å²) in [5.74, 6) is 1.94. The number of halogens is 1. The lowest BCUT2D eigenvalue weighted by Gasteiger charge is -2.33. The van der Waals surface area contributed by atoms with Gasteiger partial charge in [0.25, 0.3) is 5.91 Å². The van der Waals surface area contributed by atoms with Crippen LogP contribution in [0.15, 0.2) is 53.7 Å². The lowest BCUT2D eigenvalue weighted by molar-refractivity contribution is 0.0827. The summed E-state index contributed by atoms with van der Waals surface area (Å²) in [5, 5.41) is 6.95. The fraction of sp³-hybridized carbons (Fsp3) is 0.458. The van der Waals surface area contributed by atoms with E-state index in [9.17, 15) is 4.79 Å². The van der Waals surface area contributed by atoms with Crippen molar-refractivity contribution in [1.29, 1.82) is 0 Å². The van der Waals surface area contributed by atoms with E-state index >= 15 is 0 Å². The van der Waals surface area contributed by atoms with Crippen molar-refractivity contribution in [3.63, 3.8) is 0 Å². The van der Waals surface area contributed by atoms with Crippen LogP contribution in [0, 0.1) is 0 Å². The molecule has 32 heavy (non-hydrogen) atoms. The first kappa shape index (κ1) is 25.9. The molecule has 2 aromatic rings. The van der Waals surface area contributed by atoms with Gasteiger partial charge in [-0.2, -0.15) is 0 Å². The molecule has 2 N–H and O–H groups in total. The van der Waals surface area contributed by atoms with E-state index in [4.69, 9.17) is 4.99 Å². The predicted octanol–water partition coefficient (Wildman–Crippen LogP) is 3.17. The van der Waals surface area contributed by atoms with Crippen molar-refractivity contribution in [3.05, 3.63) is 59.8 Å². The minimum Gasteiger partial charge on any atom is -0.357 e. The maximum absolute atomic E-state index is 12.2. The molecule has 1 aromatic heterocycles. The highest BCUT2D eigenvalue weighted by Gasteiger charge is 2.20. The van der Waals surface area contributed by atoms with E-state index in [0.29, 0.717) is 12.6 Å². The number of amides is 1. The molecule has 0 unspecified atom stereocenters. The summed E-state index contributed by atoms with van der Waals surface area (Å²) in [5.41, 5.74) is 1.84. The van der Waals surface area contributed by atoms with Gasteiger partial charge in [0, 0.05) is 58.1 Å². The van der Waals surface area contributed by atoms with Gasteiger partial charge in [-0.05, 0) is 56.0 Å². The van der Waals surface area contributed by atoms with Gasteiger partial charge >= 0.3 is 0 Å². The molecule has 1 amide bonds. The van der Waals surface area contributed by atoms with Crippen LogP contribution >= 0.6 is 24.0 Å². The summed E-state index contributed by atoms with van der Waals surface area (Å²) < 4.78 is 0. The third-order valence-corrected chi connectivity index (χ3v) is 5.40. The number of rotatable bonds is 7. The molecule has 0 aliphatic carbocycles. The molecule has 8 heteroatoms. The highest BCUT2D eigenvalue weighted by molar-refractivity contribution is 14.0. The Labute approximate surface area is 208 Å². The van der Waals surface area contributed by atoms with Gasteiger partial charge < -0.3 is 20.4 Å². The molecule has 7 nitrogen and oxygen atoms in total. The van der Waals surface area contributed by atoms with E-state index in [-0.39, 0.29) is 29.9 Å². The number of hydrogen-bond donors (Lipinski definition) is 2. The second kappa shape index (κ2) is 13.2. The third-order valence-electron chi connectivity index (χ3n) is 5.40. The number of piperidine rings is 1. The van der Waals surface area contributed by atoms with Crippen molar-refractivity contribution in [2.75, 3.05) is 45.2 Å². The fourth-order valence-corrected chi connectivity index (χ4v) is 3.72. The van der Waals surface area contributed by atoms with Gasteiger partial charge in [0.15, 0.2) is 5.96 Å². The van der Waals surface area contributed by atoms with Crippen molar-refractivity contribution < 1.29 is 4.79 Å². The number of pyridine rings is 1. The summed E-state index contributed by atoms with van der Waals surface area (Å²) in [7, 11) is 3.54. The normalized spacial score (nSPS) is 14.5. The van der Waals surface area contributed by atoms with E-state index in [0.717, 1.165) is 61.8 Å². The number of anilines is 1. The Bertz CT molecular complexity index is 866. The van der Waals surface area contributed by atoms with Crippen LogP contribution in [-0.4, -0.2) is 68.1 Å². The molecule has 0 atom stereocenters. The molecule has 1 saturated heterocycles. The number of carbonyl (C=O) groups is 1. The summed E-state index contributed by atoms with van der Waals surface area (Å²) in [6, 6.07) is 14.3. The van der Waals surface area contributed by atoms with Crippen LogP contribution in [0.1, 0.15) is 35.7 Å². The van der Waals surface area contributed by atoms with E-state index < -0.39 is 0 Å². The smallest absolute Gasteiger partial charge is 0.253 e. The minimum atomic E-state index is 0. The maximum Gasteiger partial charge on any atom is 0.253 e. The monoisotopic (exact) mass is 550 g/mol. The molecule has 3 rings (SSSR count). The van der Waals surface area contributed by atoms with Crippen LogP contribution in [0.4, 0.5) is 5.82 Å². The molecular formula is C24H35IN6O. The van der Waals surface area contributed by atoms with Crippen molar-refractivity contribution in [2.24, 2.45) is 4.99 Å². The lowest BCUT2D eigenvalue weighted by atomic mass is 10.1. The molecule has 1 aliphatic heterocycles. The van der Waals surface area contributed by atoms with Crippen molar-refractivity contribution in [3.8, 4) is 0 Å². The first-order chi connectivity index (χ1) is 15.1. The van der Waals surface area contributed by atoms with Gasteiger partial charge in [-0.1, -0.05) is 18.2 Å². The summed E-state index contributed by atoms with van der Waals surface area (Å²) >= 11 is 0. The Morgan fingerprint density at radius 2 is 1.97 bits per heavy atom. The van der Waals surface area contributed by atoms with E-state index in [1.807, 2.05) is 36.5 Å². The molecule has 1 aromatic carbocycles. The number of nitrogens with zero attached hydrogens (tertiary/aromatic N) is 4. The standard InChI is InChI=1S/C24H34N6O.HI/c1-4-25-24(27-15-11-19-8-7-9-20(18-19)23(31)29(2)3)28-21-12-16-30(17-13-21)22-10-5-6-14-26-22;/h5-10,14,18,21H,4,11-13,15-17H2,1-3H3,(H2,25,27,28);1H. The number of carbonyl (C=O) groups excluding carboxylic acids is 1. The third kappa shape index (κ3) is 7.65. The van der Waals surface area contributed by atoms with Crippen LogP contribution in [0.2, 0.25) is 0 Å². The SMILES string of the molecule is CCNC(=NCCc1cccc(C(=O)N(C)C)c1)NC1CCN(c2ccccn2)CC1.I. The molecular weight excluding hydrogens is 515 g/mol. The predicted molar refractivity (Wildman–Crippen MR) is 142 cm³/mol. The van der Waals surface area contributed by atoms with Crippen molar-refractivity contribution in [1.82, 2.24) is 20.5 Å². The summed E-state index contributed by atoms with van der Waals surface area (Å²) in [6.07, 6.45) is 4.75. The van der Waals surface area contributed by atoms with Gasteiger partial charge in [-0.25, -0.2) is 4.98 Å². The topological polar surface area (TPSA) is 72.9 Å². The zero-order valence-electron chi connectivity index (χ0n) is 19.3. The number of hydrogen-bond acceptors (Lipinski definition) is 4. The molecule has 2 heterocycles. The summed E-state index contributed by atoms with van der Waals surface area (Å²) in [6.45, 7) is 5.55. The summed E-state index contributed by atoms with van der Waals surface area (Å²) in [4.78, 5) is 25.3. The molecule has 0 spiro atoms. The number of aromatic nitrogens is 1. The maximum atomic E-state index is 12.2. The molecule has 0 bridgehead atoms. The second-order valence-corrected chi connectivity index (χ2v) is 8.00. The quantitative estimate of drug-likeness (QED) is 0.315. The Morgan fingerprint density at radius 1 is 1.19 bits per heavy atom. The van der Waals surface area contributed by atoms with Crippen LogP contribution < -0.4 is 15.5 Å². The number of aliphatic imine (C=N–C) groups is 1. The van der Waals surface area contributed by atoms with E-state index in [1.54, 1.807) is 19.0 Å². The first-order valence-electron chi connectivity index (χ1n) is 11.1. The second-order valence-electron chi connectivity index (χ2n) is 8.00. The molecule has 174 valence electrons. The Hall–Kier alpha value is -2.36. The number of nitrogens with one attached hydrogen (secondary N) is 2. The van der Waals surface area contributed by atoms with Crippen LogP contribution in [0.5, 0.6) is 0 Å². The zero-order chi connectivity index (χ0) is 22.1. The molecule has 0 radical (unpaired) electrons. The number of guanidine groups is 1. The van der Waals surface area contributed by atoms with Gasteiger partial charge in [-0.3, -0.25) is 9.79 Å². The van der Waals surface area contributed by atoms with Gasteiger partial charge in [-0.15, -0.1) is 24.0 Å². The minimum absolute atomic E-state index is 0. The molecule has 0 saturated carbocycles. The first-order valence-corrected chi connectivity index (χ1v) is 11.1. The average molecular weight is 550 g/mol. The van der Waals surface area contributed by atoms with E-state index in [1.165, 1.54) is 0 Å². The lowest BCUT2D eigenvalue weighted by Crippen LogP contribution is -2.49. The van der Waals surface area contributed by atoms with Gasteiger partial charge in [0.2, 0.25) is 0 Å². The zero-order valence-corrected chi connectivity index (χ0v) is 21.6. The van der Waals surface area contributed by atoms with Gasteiger partial charge in [0.1, 0.15) is 5.82 Å². The average Bonchev–Trinajstić information content (AvgIpc) is 2.80. The highest BCUT2D eigenvalue weighted by atomic mass is 127. The van der Waals surface area contributed by atoms with Crippen LogP contribution in [0.25, 0.3) is 0 Å². The van der Waals surface area contributed by atoms with Crippen molar-refractivity contribution >= 4 is 41.7 Å². The number of benzene rings is 1. The van der Waals surface area contributed by atoms with Crippen molar-refractivity contribution in [2.45, 2.75) is 32.2 Å². The van der Waals surface area contributed by atoms with Gasteiger partial charge in [0.05, 0.1) is 0 Å². The molecule has 1 fully saturated rings. The highest BCUT2D eigenvalue weighted by Crippen LogP contribution is 2.17.